The van der Waals surface area contributed by atoms with Crippen molar-refractivity contribution in [1.82, 2.24) is 15.1 Å². The number of rotatable bonds is 5. The highest BCUT2D eigenvalue weighted by atomic mass is 35.5. The number of carbonyl (C=O) groups is 1. The van der Waals surface area contributed by atoms with E-state index in [4.69, 9.17) is 34.8 Å². The quantitative estimate of drug-likeness (QED) is 0.383. The van der Waals surface area contributed by atoms with Gasteiger partial charge in [-0.3, -0.25) is 9.89 Å². The molecule has 0 aliphatic heterocycles. The number of hydrogen-bond donors (Lipinski definition) is 1. The Balaban J connectivity index is 1.34. The Hall–Kier alpha value is -2.01. The number of benzene rings is 2. The van der Waals surface area contributed by atoms with Gasteiger partial charge in [-0.25, -0.2) is 0 Å². The molecule has 1 amide bonds. The molecule has 3 aromatic rings. The third kappa shape index (κ3) is 4.14. The van der Waals surface area contributed by atoms with Crippen LogP contribution in [0.3, 0.4) is 0 Å². The maximum Gasteiger partial charge on any atom is 0.274 e. The van der Waals surface area contributed by atoms with Crippen LogP contribution in [0.2, 0.25) is 15.1 Å². The second kappa shape index (κ2) is 8.89. The molecule has 1 heterocycles. The minimum Gasteiger partial charge on any atom is -0.329 e. The minimum absolute atomic E-state index is 0.0417. The number of H-pyrrole nitrogens is 1. The van der Waals surface area contributed by atoms with Crippen LogP contribution >= 0.6 is 34.8 Å². The summed E-state index contributed by atoms with van der Waals surface area (Å²) in [4.78, 5) is 16.1. The fourth-order valence-corrected chi connectivity index (χ4v) is 7.50. The lowest BCUT2D eigenvalue weighted by Gasteiger charge is -2.57. The van der Waals surface area contributed by atoms with Crippen molar-refractivity contribution in [2.24, 2.45) is 23.7 Å². The van der Waals surface area contributed by atoms with Gasteiger partial charge >= 0.3 is 0 Å². The Morgan fingerprint density at radius 1 is 0.882 bits per heavy atom. The van der Waals surface area contributed by atoms with Crippen molar-refractivity contribution in [2.75, 3.05) is 0 Å². The average molecular weight is 515 g/mol. The molecule has 0 spiro atoms. The van der Waals surface area contributed by atoms with E-state index in [0.29, 0.717) is 39.1 Å². The first kappa shape index (κ1) is 22.5. The summed E-state index contributed by atoms with van der Waals surface area (Å²) in [5.41, 5.74) is 3.10. The Morgan fingerprint density at radius 2 is 1.53 bits per heavy atom. The molecule has 7 heteroatoms. The molecule has 2 aromatic carbocycles. The lowest BCUT2D eigenvalue weighted by Crippen LogP contribution is -2.57. The largest absolute Gasteiger partial charge is 0.329 e. The summed E-state index contributed by atoms with van der Waals surface area (Å²) in [7, 11) is 0. The summed E-state index contributed by atoms with van der Waals surface area (Å²) in [5, 5.41) is 9.33. The highest BCUT2D eigenvalue weighted by Gasteiger charge is 2.51. The molecular formula is C27H26Cl3N3O. The molecule has 4 saturated carbocycles. The third-order valence-corrected chi connectivity index (χ3v) is 8.94. The van der Waals surface area contributed by atoms with Crippen molar-refractivity contribution in [3.05, 3.63) is 74.9 Å². The summed E-state index contributed by atoms with van der Waals surface area (Å²) in [6, 6.07) is 15.1. The lowest BCUT2D eigenvalue weighted by molar-refractivity contribution is -0.0580. The maximum atomic E-state index is 14.0. The summed E-state index contributed by atoms with van der Waals surface area (Å²) in [6.45, 7) is 0.463. The van der Waals surface area contributed by atoms with Crippen molar-refractivity contribution in [2.45, 2.75) is 44.7 Å². The second-order valence-corrected chi connectivity index (χ2v) is 11.5. The number of aromatic nitrogens is 2. The van der Waals surface area contributed by atoms with Gasteiger partial charge in [-0.2, -0.15) is 5.10 Å². The summed E-state index contributed by atoms with van der Waals surface area (Å²) in [5.74, 6) is 2.73. The van der Waals surface area contributed by atoms with Gasteiger partial charge in [-0.1, -0.05) is 53.0 Å². The fourth-order valence-electron chi connectivity index (χ4n) is 6.91. The van der Waals surface area contributed by atoms with E-state index in [-0.39, 0.29) is 11.9 Å². The van der Waals surface area contributed by atoms with Crippen LogP contribution in [0, 0.1) is 23.7 Å². The molecule has 4 aliphatic rings. The van der Waals surface area contributed by atoms with Gasteiger partial charge < -0.3 is 4.90 Å². The molecular weight excluding hydrogens is 489 g/mol. The van der Waals surface area contributed by atoms with Crippen LogP contribution in [0.5, 0.6) is 0 Å². The van der Waals surface area contributed by atoms with Gasteiger partial charge in [0.1, 0.15) is 0 Å². The van der Waals surface area contributed by atoms with Gasteiger partial charge in [-0.05, 0) is 97.2 Å². The molecule has 34 heavy (non-hydrogen) atoms. The van der Waals surface area contributed by atoms with Crippen LogP contribution in [-0.4, -0.2) is 27.0 Å². The van der Waals surface area contributed by atoms with Crippen LogP contribution in [0.25, 0.3) is 11.3 Å². The number of halogens is 3. The van der Waals surface area contributed by atoms with E-state index in [0.717, 1.165) is 28.7 Å². The Bertz CT molecular complexity index is 1190. The number of carbonyl (C=O) groups excluding carboxylic acids is 1. The summed E-state index contributed by atoms with van der Waals surface area (Å²) >= 11 is 18.7. The topological polar surface area (TPSA) is 49.0 Å². The van der Waals surface area contributed by atoms with Crippen molar-refractivity contribution >= 4 is 40.7 Å². The van der Waals surface area contributed by atoms with Crippen LogP contribution in [0.4, 0.5) is 0 Å². The standard InChI is InChI=1S/C27H26Cl3N3O/c28-21-4-1-17(2-5-21)24-13-25(32-31-24)27(34)33(14-18-3-6-22(29)12-23(18)30)26-19-8-15-7-16(10-19)11-20(26)9-15/h1-6,12-13,15-16,19-20,26H,7-11,14H2,(H,31,32). The number of nitrogens with zero attached hydrogens (tertiary/aromatic N) is 2. The summed E-state index contributed by atoms with van der Waals surface area (Å²) < 4.78 is 0. The molecule has 0 radical (unpaired) electrons. The molecule has 4 fully saturated rings. The first-order valence-electron chi connectivity index (χ1n) is 12.0. The molecule has 4 bridgehead atoms. The molecule has 0 saturated heterocycles. The van der Waals surface area contributed by atoms with E-state index in [1.807, 2.05) is 42.5 Å². The maximum absolute atomic E-state index is 14.0. The zero-order valence-corrected chi connectivity index (χ0v) is 21.0. The summed E-state index contributed by atoms with van der Waals surface area (Å²) in [6.07, 6.45) is 6.29. The minimum atomic E-state index is -0.0417. The molecule has 4 aliphatic carbocycles. The zero-order valence-electron chi connectivity index (χ0n) is 18.7. The van der Waals surface area contributed by atoms with Gasteiger partial charge in [0.2, 0.25) is 0 Å². The van der Waals surface area contributed by atoms with Crippen molar-refractivity contribution in [1.29, 1.82) is 0 Å². The number of nitrogens with one attached hydrogen (secondary N) is 1. The molecule has 7 rings (SSSR count). The highest BCUT2D eigenvalue weighted by molar-refractivity contribution is 6.35. The third-order valence-electron chi connectivity index (χ3n) is 8.11. The molecule has 0 unspecified atom stereocenters. The van der Waals surface area contributed by atoms with Crippen molar-refractivity contribution < 1.29 is 4.79 Å². The zero-order chi connectivity index (χ0) is 23.4. The van der Waals surface area contributed by atoms with Gasteiger partial charge in [-0.15, -0.1) is 0 Å². The van der Waals surface area contributed by atoms with Crippen LogP contribution < -0.4 is 0 Å². The van der Waals surface area contributed by atoms with E-state index in [9.17, 15) is 4.79 Å². The highest BCUT2D eigenvalue weighted by Crippen LogP contribution is 2.55. The van der Waals surface area contributed by atoms with Crippen molar-refractivity contribution in [3.63, 3.8) is 0 Å². The Labute approximate surface area is 214 Å². The lowest BCUT2D eigenvalue weighted by atomic mass is 9.54. The SMILES string of the molecule is O=C(c1cc(-c2ccc(Cl)cc2)[nH]n1)N(Cc1ccc(Cl)cc1Cl)C1C2CC3CC(C2)CC1C3. The molecule has 1 aromatic heterocycles. The van der Waals surface area contributed by atoms with E-state index < -0.39 is 0 Å². The van der Waals surface area contributed by atoms with Gasteiger partial charge in [0.25, 0.3) is 5.91 Å². The predicted octanol–water partition coefficient (Wildman–Crippen LogP) is 7.50. The van der Waals surface area contributed by atoms with Crippen molar-refractivity contribution in [3.8, 4) is 11.3 Å². The van der Waals surface area contributed by atoms with E-state index in [2.05, 4.69) is 15.1 Å². The van der Waals surface area contributed by atoms with E-state index in [1.165, 1.54) is 32.1 Å². The van der Waals surface area contributed by atoms with Gasteiger partial charge in [0.15, 0.2) is 5.69 Å². The average Bonchev–Trinajstić information content (AvgIpc) is 3.29. The van der Waals surface area contributed by atoms with Crippen LogP contribution in [-0.2, 0) is 6.54 Å². The van der Waals surface area contributed by atoms with Gasteiger partial charge in [0.05, 0.1) is 5.69 Å². The van der Waals surface area contributed by atoms with Crippen LogP contribution in [0.1, 0.15) is 48.2 Å². The molecule has 0 atom stereocenters. The first-order valence-corrected chi connectivity index (χ1v) is 13.1. The molecule has 1 N–H and O–H groups in total. The number of amides is 1. The normalized spacial score (nSPS) is 27.2. The molecule has 176 valence electrons. The van der Waals surface area contributed by atoms with E-state index >= 15 is 0 Å². The first-order chi connectivity index (χ1) is 16.4. The second-order valence-electron chi connectivity index (χ2n) is 10.3. The monoisotopic (exact) mass is 513 g/mol. The molecule has 4 nitrogen and oxygen atoms in total. The Kier molecular flexibility index (Phi) is 5.87. The fraction of sp³-hybridized carbons (Fsp3) is 0.407. The van der Waals surface area contributed by atoms with Crippen LogP contribution in [0.15, 0.2) is 48.5 Å². The number of aromatic amines is 1. The van der Waals surface area contributed by atoms with E-state index in [1.54, 1.807) is 6.07 Å². The Morgan fingerprint density at radius 3 is 2.18 bits per heavy atom. The smallest absolute Gasteiger partial charge is 0.274 e. The number of hydrogen-bond acceptors (Lipinski definition) is 2. The predicted molar refractivity (Wildman–Crippen MR) is 136 cm³/mol. The van der Waals surface area contributed by atoms with Gasteiger partial charge in [0, 0.05) is 27.7 Å².